The van der Waals surface area contributed by atoms with E-state index in [9.17, 15) is 4.39 Å². The molecule has 1 aliphatic carbocycles. The van der Waals surface area contributed by atoms with Crippen LogP contribution < -0.4 is 5.32 Å². The van der Waals surface area contributed by atoms with E-state index in [0.717, 1.165) is 0 Å². The molecule has 1 N–H and O–H groups in total. The van der Waals surface area contributed by atoms with Gasteiger partial charge < -0.3 is 5.32 Å². The first-order valence-electron chi connectivity index (χ1n) is 5.65. The molecule has 1 nitrogen and oxygen atoms in total. The van der Waals surface area contributed by atoms with Crippen LogP contribution in [-0.4, -0.2) is 13.1 Å². The van der Waals surface area contributed by atoms with Crippen molar-refractivity contribution >= 4 is 0 Å². The van der Waals surface area contributed by atoms with E-state index in [-0.39, 0.29) is 5.82 Å². The highest BCUT2D eigenvalue weighted by Gasteiger charge is 2.32. The summed E-state index contributed by atoms with van der Waals surface area (Å²) in [6.45, 7) is 2.28. The average Bonchev–Trinajstić information content (AvgIpc) is 2.61. The van der Waals surface area contributed by atoms with Crippen LogP contribution in [0.3, 0.4) is 0 Å². The molecule has 1 fully saturated rings. The van der Waals surface area contributed by atoms with Crippen LogP contribution in [0.15, 0.2) is 24.3 Å². The summed E-state index contributed by atoms with van der Waals surface area (Å²) in [4.78, 5) is 0. The predicted octanol–water partition coefficient (Wildman–Crippen LogP) is 2.93. The summed E-state index contributed by atoms with van der Waals surface area (Å²) in [5.74, 6) is 1.08. The van der Waals surface area contributed by atoms with Crippen molar-refractivity contribution in [3.05, 3.63) is 35.6 Å². The van der Waals surface area contributed by atoms with E-state index in [2.05, 4.69) is 12.2 Å². The van der Waals surface area contributed by atoms with Gasteiger partial charge in [0.25, 0.3) is 0 Å². The van der Waals surface area contributed by atoms with Gasteiger partial charge in [0.2, 0.25) is 0 Å². The lowest BCUT2D eigenvalue weighted by atomic mass is 9.89. The Balaban J connectivity index is 2.15. The fraction of sp³-hybridized carbons (Fsp3) is 0.538. The largest absolute Gasteiger partial charge is 0.317 e. The number of nitrogens with one attached hydrogen (secondary N) is 1. The second-order valence-electron chi connectivity index (χ2n) is 4.49. The zero-order valence-electron chi connectivity index (χ0n) is 9.33. The smallest absolute Gasteiger partial charge is 0.123 e. The summed E-state index contributed by atoms with van der Waals surface area (Å²) >= 11 is 0. The van der Waals surface area contributed by atoms with Gasteiger partial charge in [0.15, 0.2) is 0 Å². The van der Waals surface area contributed by atoms with Crippen molar-refractivity contribution < 1.29 is 4.39 Å². The van der Waals surface area contributed by atoms with Gasteiger partial charge in [-0.25, -0.2) is 4.39 Å². The van der Waals surface area contributed by atoms with E-state index in [1.165, 1.54) is 18.4 Å². The average molecular weight is 207 g/mol. The highest BCUT2D eigenvalue weighted by atomic mass is 19.1. The van der Waals surface area contributed by atoms with Crippen LogP contribution in [0.4, 0.5) is 4.39 Å². The fourth-order valence-corrected chi connectivity index (χ4v) is 2.75. The second kappa shape index (κ2) is 4.31. The van der Waals surface area contributed by atoms with Gasteiger partial charge in [0, 0.05) is 6.04 Å². The van der Waals surface area contributed by atoms with E-state index < -0.39 is 0 Å². The van der Waals surface area contributed by atoms with Crippen molar-refractivity contribution in [1.82, 2.24) is 5.32 Å². The molecular formula is C13H18FN. The number of benzene rings is 1. The van der Waals surface area contributed by atoms with Crippen LogP contribution in [0.5, 0.6) is 0 Å². The molecule has 0 spiro atoms. The zero-order valence-corrected chi connectivity index (χ0v) is 9.33. The van der Waals surface area contributed by atoms with E-state index in [4.69, 9.17) is 0 Å². The highest BCUT2D eigenvalue weighted by Crippen LogP contribution is 2.39. The lowest BCUT2D eigenvalue weighted by molar-refractivity contribution is 0.428. The van der Waals surface area contributed by atoms with E-state index in [0.29, 0.717) is 17.9 Å². The van der Waals surface area contributed by atoms with E-state index in [1.54, 1.807) is 12.1 Å². The molecule has 0 aromatic heterocycles. The van der Waals surface area contributed by atoms with Crippen molar-refractivity contribution in [2.45, 2.75) is 31.7 Å². The Morgan fingerprint density at radius 3 is 2.40 bits per heavy atom. The number of hydrogen-bond acceptors (Lipinski definition) is 1. The van der Waals surface area contributed by atoms with Crippen molar-refractivity contribution in [2.24, 2.45) is 5.92 Å². The second-order valence-corrected chi connectivity index (χ2v) is 4.49. The lowest BCUT2D eigenvalue weighted by Crippen LogP contribution is -2.28. The van der Waals surface area contributed by atoms with Crippen molar-refractivity contribution in [3.63, 3.8) is 0 Å². The Bertz CT molecular complexity index is 320. The first-order valence-corrected chi connectivity index (χ1v) is 5.65. The third kappa shape index (κ3) is 2.05. The minimum absolute atomic E-state index is 0.144. The van der Waals surface area contributed by atoms with Gasteiger partial charge in [-0.15, -0.1) is 0 Å². The monoisotopic (exact) mass is 207 g/mol. The van der Waals surface area contributed by atoms with Gasteiger partial charge in [-0.1, -0.05) is 19.1 Å². The Morgan fingerprint density at radius 1 is 1.20 bits per heavy atom. The molecule has 0 amide bonds. The molecule has 2 rings (SSSR count). The summed E-state index contributed by atoms with van der Waals surface area (Å²) in [6.07, 6.45) is 2.43. The highest BCUT2D eigenvalue weighted by molar-refractivity contribution is 5.23. The van der Waals surface area contributed by atoms with Crippen LogP contribution >= 0.6 is 0 Å². The molecule has 82 valence electrons. The molecule has 0 heterocycles. The molecule has 0 aliphatic heterocycles. The molecular weight excluding hydrogens is 189 g/mol. The standard InChI is InChI=1S/C13H18FN/c1-9-12(7-8-13(9)15-2)10-3-5-11(14)6-4-10/h3-6,9,12-13,15H,7-8H2,1-2H3. The number of halogens is 1. The maximum Gasteiger partial charge on any atom is 0.123 e. The normalized spacial score (nSPS) is 30.7. The first kappa shape index (κ1) is 10.6. The number of hydrogen-bond donors (Lipinski definition) is 1. The van der Waals surface area contributed by atoms with Gasteiger partial charge in [-0.3, -0.25) is 0 Å². The van der Waals surface area contributed by atoms with Crippen molar-refractivity contribution in [3.8, 4) is 0 Å². The molecule has 0 bridgehead atoms. The van der Waals surface area contributed by atoms with Crippen molar-refractivity contribution in [2.75, 3.05) is 7.05 Å². The Kier molecular flexibility index (Phi) is 3.06. The minimum Gasteiger partial charge on any atom is -0.317 e. The molecule has 1 aliphatic rings. The molecule has 3 unspecified atom stereocenters. The third-order valence-corrected chi connectivity index (χ3v) is 3.73. The summed E-state index contributed by atoms with van der Waals surface area (Å²) < 4.78 is 12.8. The molecule has 0 saturated heterocycles. The SMILES string of the molecule is CNC1CCC(c2ccc(F)cc2)C1C. The maximum atomic E-state index is 12.8. The summed E-state index contributed by atoms with van der Waals surface area (Å²) in [7, 11) is 2.02. The quantitative estimate of drug-likeness (QED) is 0.786. The van der Waals surface area contributed by atoms with Crippen LogP contribution in [0.25, 0.3) is 0 Å². The van der Waals surface area contributed by atoms with Gasteiger partial charge in [0.1, 0.15) is 5.82 Å². The molecule has 2 heteroatoms. The number of rotatable bonds is 2. The van der Waals surface area contributed by atoms with Gasteiger partial charge in [-0.2, -0.15) is 0 Å². The molecule has 3 atom stereocenters. The van der Waals surface area contributed by atoms with E-state index in [1.807, 2.05) is 19.2 Å². The predicted molar refractivity (Wildman–Crippen MR) is 60.4 cm³/mol. The minimum atomic E-state index is -0.144. The summed E-state index contributed by atoms with van der Waals surface area (Å²) in [5, 5.41) is 3.35. The Hall–Kier alpha value is -0.890. The maximum absolute atomic E-state index is 12.8. The third-order valence-electron chi connectivity index (χ3n) is 3.73. The van der Waals surface area contributed by atoms with Crippen LogP contribution in [0, 0.1) is 11.7 Å². The fourth-order valence-electron chi connectivity index (χ4n) is 2.75. The topological polar surface area (TPSA) is 12.0 Å². The molecule has 1 aromatic rings. The molecule has 0 radical (unpaired) electrons. The van der Waals surface area contributed by atoms with E-state index >= 15 is 0 Å². The Morgan fingerprint density at radius 2 is 1.87 bits per heavy atom. The van der Waals surface area contributed by atoms with Gasteiger partial charge in [0.05, 0.1) is 0 Å². The molecule has 1 aromatic carbocycles. The van der Waals surface area contributed by atoms with Crippen LogP contribution in [0.1, 0.15) is 31.2 Å². The van der Waals surface area contributed by atoms with Gasteiger partial charge in [-0.05, 0) is 49.4 Å². The lowest BCUT2D eigenvalue weighted by Gasteiger charge is -2.20. The summed E-state index contributed by atoms with van der Waals surface area (Å²) in [6, 6.07) is 7.59. The molecule has 1 saturated carbocycles. The van der Waals surface area contributed by atoms with Crippen LogP contribution in [-0.2, 0) is 0 Å². The van der Waals surface area contributed by atoms with Gasteiger partial charge >= 0.3 is 0 Å². The first-order chi connectivity index (χ1) is 7.22. The molecule has 15 heavy (non-hydrogen) atoms. The zero-order chi connectivity index (χ0) is 10.8. The van der Waals surface area contributed by atoms with Crippen LogP contribution in [0.2, 0.25) is 0 Å². The summed E-state index contributed by atoms with van der Waals surface area (Å²) in [5.41, 5.74) is 1.28. The Labute approximate surface area is 90.7 Å². The van der Waals surface area contributed by atoms with Crippen molar-refractivity contribution in [1.29, 1.82) is 0 Å².